The number of rotatable bonds is 3. The predicted octanol–water partition coefficient (Wildman–Crippen LogP) is 3.13. The van der Waals surface area contributed by atoms with Crippen molar-refractivity contribution in [1.82, 2.24) is 19.9 Å². The van der Waals surface area contributed by atoms with E-state index < -0.39 is 23.8 Å². The number of nitrogen functional groups attached to an aromatic ring is 1. The van der Waals surface area contributed by atoms with E-state index in [1.54, 1.807) is 0 Å². The Bertz CT molecular complexity index is 779. The van der Waals surface area contributed by atoms with Gasteiger partial charge in [0.1, 0.15) is 11.4 Å². The molecule has 2 aromatic rings. The number of halogens is 5. The van der Waals surface area contributed by atoms with Crippen molar-refractivity contribution < 1.29 is 22.0 Å². The van der Waals surface area contributed by atoms with Crippen LogP contribution >= 0.6 is 0 Å². The van der Waals surface area contributed by atoms with Crippen molar-refractivity contribution in [1.29, 1.82) is 0 Å². The van der Waals surface area contributed by atoms with Gasteiger partial charge in [-0.05, 0) is 18.6 Å². The van der Waals surface area contributed by atoms with Gasteiger partial charge in [-0.2, -0.15) is 28.1 Å². The molecule has 11 heteroatoms. The summed E-state index contributed by atoms with van der Waals surface area (Å²) in [5.74, 6) is -3.27. The van der Waals surface area contributed by atoms with E-state index in [0.29, 0.717) is 0 Å². The summed E-state index contributed by atoms with van der Waals surface area (Å²) in [6.45, 7) is 0. The fourth-order valence-electron chi connectivity index (χ4n) is 2.54. The fourth-order valence-corrected chi connectivity index (χ4v) is 2.54. The summed E-state index contributed by atoms with van der Waals surface area (Å²) in [7, 11) is 0. The molecule has 1 aliphatic carbocycles. The highest BCUT2D eigenvalue weighted by atomic mass is 19.4. The monoisotopic (exact) mass is 360 g/mol. The standard InChI is InChI=1S/C14H13F5N6/c15-13(16)5-4-7(6-13)21-12-24-10(23-11(20)25-12)8-2-1-3-9(22-8)14(17,18)19/h1-3,7H,4-6H2,(H3,20,21,23,24,25)/t7-/m1/s1. The summed E-state index contributed by atoms with van der Waals surface area (Å²) in [6.07, 6.45) is -5.04. The van der Waals surface area contributed by atoms with Crippen LogP contribution in [0, 0.1) is 0 Å². The van der Waals surface area contributed by atoms with Gasteiger partial charge in [0.05, 0.1) is 0 Å². The van der Waals surface area contributed by atoms with Crippen molar-refractivity contribution in [3.05, 3.63) is 23.9 Å². The highest BCUT2D eigenvalue weighted by molar-refractivity contribution is 5.53. The second-order valence-electron chi connectivity index (χ2n) is 5.69. The second-order valence-corrected chi connectivity index (χ2v) is 5.69. The van der Waals surface area contributed by atoms with Crippen LogP contribution in [-0.4, -0.2) is 31.9 Å². The molecule has 0 bridgehead atoms. The van der Waals surface area contributed by atoms with Crippen molar-refractivity contribution in [3.63, 3.8) is 0 Å². The lowest BCUT2D eigenvalue weighted by Crippen LogP contribution is -2.21. The third-order valence-corrected chi connectivity index (χ3v) is 3.66. The highest BCUT2D eigenvalue weighted by Crippen LogP contribution is 2.36. The number of nitrogens with zero attached hydrogens (tertiary/aromatic N) is 4. The number of hydrogen-bond acceptors (Lipinski definition) is 6. The molecule has 1 aliphatic rings. The quantitative estimate of drug-likeness (QED) is 0.818. The molecular formula is C14H13F5N6. The molecule has 0 saturated heterocycles. The van der Waals surface area contributed by atoms with E-state index in [2.05, 4.69) is 25.3 Å². The maximum Gasteiger partial charge on any atom is 0.433 e. The zero-order chi connectivity index (χ0) is 18.2. The molecular weight excluding hydrogens is 347 g/mol. The highest BCUT2D eigenvalue weighted by Gasteiger charge is 2.39. The molecule has 3 rings (SSSR count). The number of pyridine rings is 1. The first-order valence-electron chi connectivity index (χ1n) is 7.33. The number of nitrogens with one attached hydrogen (secondary N) is 1. The molecule has 2 heterocycles. The second kappa shape index (κ2) is 6.05. The molecule has 6 nitrogen and oxygen atoms in total. The van der Waals surface area contributed by atoms with Crippen LogP contribution in [0.3, 0.4) is 0 Å². The van der Waals surface area contributed by atoms with Crippen LogP contribution < -0.4 is 11.1 Å². The first-order chi connectivity index (χ1) is 11.6. The van der Waals surface area contributed by atoms with Gasteiger partial charge in [-0.15, -0.1) is 0 Å². The number of aromatic nitrogens is 4. The minimum absolute atomic E-state index is 0.0792. The van der Waals surface area contributed by atoms with Gasteiger partial charge < -0.3 is 11.1 Å². The third-order valence-electron chi connectivity index (χ3n) is 3.66. The summed E-state index contributed by atoms with van der Waals surface area (Å²) in [6, 6.07) is 2.71. The number of nitrogens with two attached hydrogens (primary N) is 1. The van der Waals surface area contributed by atoms with Crippen molar-refractivity contribution in [2.24, 2.45) is 0 Å². The molecule has 25 heavy (non-hydrogen) atoms. The van der Waals surface area contributed by atoms with E-state index in [1.807, 2.05) is 0 Å². The Labute approximate surface area is 138 Å². The van der Waals surface area contributed by atoms with E-state index in [1.165, 1.54) is 6.07 Å². The molecule has 0 radical (unpaired) electrons. The molecule has 3 N–H and O–H groups in total. The normalized spacial score (nSPS) is 19.8. The summed E-state index contributed by atoms with van der Waals surface area (Å²) >= 11 is 0. The average molecular weight is 360 g/mol. The van der Waals surface area contributed by atoms with Crippen molar-refractivity contribution in [2.75, 3.05) is 11.1 Å². The van der Waals surface area contributed by atoms with Gasteiger partial charge in [-0.3, -0.25) is 0 Å². The molecule has 1 atom stereocenters. The molecule has 0 aromatic carbocycles. The van der Waals surface area contributed by atoms with Crippen LogP contribution in [0.1, 0.15) is 25.0 Å². The lowest BCUT2D eigenvalue weighted by Gasteiger charge is -2.13. The van der Waals surface area contributed by atoms with Gasteiger partial charge >= 0.3 is 6.18 Å². The Hall–Kier alpha value is -2.59. The summed E-state index contributed by atoms with van der Waals surface area (Å²) in [5.41, 5.74) is 4.30. The maximum absolute atomic E-state index is 13.2. The van der Waals surface area contributed by atoms with E-state index in [-0.39, 0.29) is 42.7 Å². The maximum atomic E-state index is 13.2. The minimum Gasteiger partial charge on any atom is -0.368 e. The Morgan fingerprint density at radius 3 is 2.52 bits per heavy atom. The van der Waals surface area contributed by atoms with Gasteiger partial charge in [0.25, 0.3) is 0 Å². The average Bonchev–Trinajstić information content (AvgIpc) is 2.85. The van der Waals surface area contributed by atoms with E-state index in [0.717, 1.165) is 12.1 Å². The molecule has 0 amide bonds. The molecule has 2 aromatic heterocycles. The zero-order valence-electron chi connectivity index (χ0n) is 12.7. The number of hydrogen-bond donors (Lipinski definition) is 2. The Balaban J connectivity index is 1.87. The minimum atomic E-state index is -4.62. The van der Waals surface area contributed by atoms with Crippen LogP contribution in [0.4, 0.5) is 33.8 Å². The summed E-state index contributed by atoms with van der Waals surface area (Å²) in [5, 5.41) is 2.72. The number of alkyl halides is 5. The van der Waals surface area contributed by atoms with Gasteiger partial charge in [-0.1, -0.05) is 6.07 Å². The van der Waals surface area contributed by atoms with Crippen LogP contribution in [-0.2, 0) is 6.18 Å². The van der Waals surface area contributed by atoms with Crippen LogP contribution in [0.15, 0.2) is 18.2 Å². The first-order valence-corrected chi connectivity index (χ1v) is 7.33. The smallest absolute Gasteiger partial charge is 0.368 e. The third kappa shape index (κ3) is 4.09. The Kier molecular flexibility index (Phi) is 4.17. The predicted molar refractivity (Wildman–Crippen MR) is 78.7 cm³/mol. The number of anilines is 2. The van der Waals surface area contributed by atoms with E-state index in [4.69, 9.17) is 5.73 Å². The van der Waals surface area contributed by atoms with E-state index >= 15 is 0 Å². The zero-order valence-corrected chi connectivity index (χ0v) is 12.7. The van der Waals surface area contributed by atoms with Crippen molar-refractivity contribution in [3.8, 4) is 11.5 Å². The molecule has 0 spiro atoms. The molecule has 1 saturated carbocycles. The topological polar surface area (TPSA) is 89.6 Å². The summed E-state index contributed by atoms with van der Waals surface area (Å²) in [4.78, 5) is 15.0. The lowest BCUT2D eigenvalue weighted by atomic mass is 10.2. The largest absolute Gasteiger partial charge is 0.433 e. The summed E-state index contributed by atoms with van der Waals surface area (Å²) < 4.78 is 64.8. The van der Waals surface area contributed by atoms with Crippen molar-refractivity contribution >= 4 is 11.9 Å². The molecule has 0 aliphatic heterocycles. The van der Waals surface area contributed by atoms with Gasteiger partial charge in [0.2, 0.25) is 17.8 Å². The van der Waals surface area contributed by atoms with Gasteiger partial charge in [0.15, 0.2) is 5.82 Å². The molecule has 134 valence electrons. The van der Waals surface area contributed by atoms with Crippen molar-refractivity contribution in [2.45, 2.75) is 37.4 Å². The van der Waals surface area contributed by atoms with Crippen LogP contribution in [0.2, 0.25) is 0 Å². The molecule has 0 unspecified atom stereocenters. The Morgan fingerprint density at radius 1 is 1.12 bits per heavy atom. The Morgan fingerprint density at radius 2 is 1.88 bits per heavy atom. The fraction of sp³-hybridized carbons (Fsp3) is 0.429. The molecule has 1 fully saturated rings. The SMILES string of the molecule is Nc1nc(N[C@@H]2CCC(F)(F)C2)nc(-c2cccc(C(F)(F)F)n2)n1. The first kappa shape index (κ1) is 17.2. The van der Waals surface area contributed by atoms with E-state index in [9.17, 15) is 22.0 Å². The van der Waals surface area contributed by atoms with Crippen LogP contribution in [0.25, 0.3) is 11.5 Å². The van der Waals surface area contributed by atoms with Gasteiger partial charge in [-0.25, -0.2) is 13.8 Å². The van der Waals surface area contributed by atoms with Crippen LogP contribution in [0.5, 0.6) is 0 Å². The van der Waals surface area contributed by atoms with Gasteiger partial charge in [0, 0.05) is 18.9 Å². The lowest BCUT2D eigenvalue weighted by molar-refractivity contribution is -0.141.